The van der Waals surface area contributed by atoms with Crippen molar-refractivity contribution in [2.24, 2.45) is 4.99 Å². The van der Waals surface area contributed by atoms with Crippen LogP contribution in [0.2, 0.25) is 0 Å². The molecule has 15 heavy (non-hydrogen) atoms. The fourth-order valence-corrected chi connectivity index (χ4v) is 0.326. The summed E-state index contributed by atoms with van der Waals surface area (Å²) < 4.78 is 0. The van der Waals surface area contributed by atoms with Crippen LogP contribution in [-0.4, -0.2) is 41.6 Å². The third-order valence-electron chi connectivity index (χ3n) is 0.999. The number of urea groups is 1. The zero-order valence-corrected chi connectivity index (χ0v) is 8.86. The number of carboxylic acid groups (broad SMARTS) is 1. The number of aliphatic carboxylic acids is 1. The van der Waals surface area contributed by atoms with Gasteiger partial charge >= 0.3 is 12.0 Å². The summed E-state index contributed by atoms with van der Waals surface area (Å²) >= 11 is 0. The first-order valence-electron chi connectivity index (χ1n) is 4.21. The molecule has 3 N–H and O–H groups in total. The maximum absolute atomic E-state index is 10.4. The number of carbonyl (C=O) groups excluding carboxylic acids is 1. The first-order chi connectivity index (χ1) is 6.95. The van der Waals surface area contributed by atoms with Gasteiger partial charge in [0.05, 0.1) is 6.61 Å². The maximum Gasteiger partial charge on any atom is 0.340 e. The third kappa shape index (κ3) is 15.1. The summed E-state index contributed by atoms with van der Waals surface area (Å²) in [5.74, 6) is -0.935. The lowest BCUT2D eigenvalue weighted by molar-refractivity contribution is -0.132. The Hall–Kier alpha value is -1.69. The predicted octanol–water partition coefficient (Wildman–Crippen LogP) is 0.426. The number of carbonyl (C=O) groups is 2. The summed E-state index contributed by atoms with van der Waals surface area (Å²) in [4.78, 5) is 23.4. The van der Waals surface area contributed by atoms with Crippen molar-refractivity contribution in [3.05, 3.63) is 12.2 Å². The molecule has 0 saturated carbocycles. The number of hydrogen-bond acceptors (Lipinski definition) is 3. The van der Waals surface area contributed by atoms with Crippen molar-refractivity contribution in [1.82, 2.24) is 5.32 Å². The fourth-order valence-electron chi connectivity index (χ4n) is 0.326. The van der Waals surface area contributed by atoms with E-state index >= 15 is 0 Å². The van der Waals surface area contributed by atoms with Crippen LogP contribution in [0, 0.1) is 0 Å². The van der Waals surface area contributed by atoms with Gasteiger partial charge in [-0.2, -0.15) is 0 Å². The van der Waals surface area contributed by atoms with E-state index in [4.69, 9.17) is 10.2 Å². The second-order valence-electron chi connectivity index (χ2n) is 2.43. The fraction of sp³-hybridized carbons (Fsp3) is 0.444. The van der Waals surface area contributed by atoms with Gasteiger partial charge in [0.25, 0.3) is 0 Å². The average Bonchev–Trinajstić information content (AvgIpc) is 2.16. The molecule has 0 aliphatic rings. The smallest absolute Gasteiger partial charge is 0.340 e. The molecule has 0 aromatic rings. The minimum absolute atomic E-state index is 0.0506. The van der Waals surface area contributed by atoms with Crippen LogP contribution in [0.4, 0.5) is 4.79 Å². The Labute approximate surface area is 88.3 Å². The molecule has 0 fully saturated rings. The van der Waals surface area contributed by atoms with Gasteiger partial charge in [0.2, 0.25) is 0 Å². The van der Waals surface area contributed by atoms with E-state index in [1.54, 1.807) is 6.92 Å². The van der Waals surface area contributed by atoms with Gasteiger partial charge in [-0.05, 0) is 13.8 Å². The Balaban J connectivity index is 0. The van der Waals surface area contributed by atoms with E-state index in [1.807, 2.05) is 0 Å². The molecule has 6 heteroatoms. The van der Waals surface area contributed by atoms with Gasteiger partial charge in [-0.3, -0.25) is 0 Å². The molecule has 0 heterocycles. The Kier molecular flexibility index (Phi) is 10.9. The second kappa shape index (κ2) is 10.4. The monoisotopic (exact) mass is 216 g/mol. The van der Waals surface area contributed by atoms with Crippen LogP contribution in [0.5, 0.6) is 0 Å². The molecule has 0 unspecified atom stereocenters. The van der Waals surface area contributed by atoms with Gasteiger partial charge in [-0.15, -0.1) is 0 Å². The molecular formula is C9H16N2O4. The molecule has 0 spiro atoms. The standard InChI is InChI=1S/C5H10N2O2.C4H6O2/c1-2-6-5(9)7-3-4-8;1-3(2)4(5)6/h2,8H,3-4H2,1H3,(H,7,9);1H2,2H3,(H,5,6). The SMILES string of the molecule is C=C(C)C(=O)O.CC=NC(=O)NCCO. The minimum atomic E-state index is -0.935. The number of rotatable bonds is 3. The van der Waals surface area contributed by atoms with E-state index in [0.717, 1.165) is 0 Å². The number of nitrogens with zero attached hydrogens (tertiary/aromatic N) is 1. The van der Waals surface area contributed by atoms with E-state index in [9.17, 15) is 9.59 Å². The molecule has 0 aromatic heterocycles. The maximum atomic E-state index is 10.4. The molecule has 0 rings (SSSR count). The highest BCUT2D eigenvalue weighted by molar-refractivity contribution is 5.84. The Morgan fingerprint density at radius 1 is 1.53 bits per heavy atom. The summed E-state index contributed by atoms with van der Waals surface area (Å²) in [5.41, 5.74) is 0.176. The highest BCUT2D eigenvalue weighted by atomic mass is 16.4. The van der Waals surface area contributed by atoms with Gasteiger partial charge in [0.1, 0.15) is 0 Å². The van der Waals surface area contributed by atoms with E-state index in [-0.39, 0.29) is 18.7 Å². The lowest BCUT2D eigenvalue weighted by atomic mass is 10.4. The highest BCUT2D eigenvalue weighted by Gasteiger charge is 1.90. The molecule has 0 aliphatic heterocycles. The Morgan fingerprint density at radius 3 is 2.27 bits per heavy atom. The van der Waals surface area contributed by atoms with Crippen LogP contribution < -0.4 is 5.32 Å². The van der Waals surface area contributed by atoms with Crippen LogP contribution in [-0.2, 0) is 4.79 Å². The zero-order chi connectivity index (χ0) is 12.3. The Bertz CT molecular complexity index is 236. The van der Waals surface area contributed by atoms with Gasteiger partial charge in [0, 0.05) is 18.3 Å². The molecule has 0 atom stereocenters. The summed E-state index contributed by atoms with van der Waals surface area (Å²) in [5, 5.41) is 18.5. The van der Waals surface area contributed by atoms with E-state index in [2.05, 4.69) is 16.9 Å². The molecular weight excluding hydrogens is 200 g/mol. The first-order valence-corrected chi connectivity index (χ1v) is 4.21. The molecule has 2 amide bonds. The summed E-state index contributed by atoms with van der Waals surface area (Å²) in [7, 11) is 0. The largest absolute Gasteiger partial charge is 0.478 e. The topological polar surface area (TPSA) is 99.0 Å². The number of aliphatic hydroxyl groups is 1. The molecule has 6 nitrogen and oxygen atoms in total. The quantitative estimate of drug-likeness (QED) is 0.470. The summed E-state index contributed by atoms with van der Waals surface area (Å²) in [6.45, 7) is 6.46. The zero-order valence-electron chi connectivity index (χ0n) is 8.86. The van der Waals surface area contributed by atoms with Crippen molar-refractivity contribution in [2.45, 2.75) is 13.8 Å². The van der Waals surface area contributed by atoms with E-state index in [0.29, 0.717) is 0 Å². The summed E-state index contributed by atoms with van der Waals surface area (Å²) in [6.07, 6.45) is 1.40. The van der Waals surface area contributed by atoms with Crippen molar-refractivity contribution in [3.8, 4) is 0 Å². The van der Waals surface area contributed by atoms with Crippen molar-refractivity contribution < 1.29 is 19.8 Å². The van der Waals surface area contributed by atoms with Gasteiger partial charge < -0.3 is 15.5 Å². The lowest BCUT2D eigenvalue weighted by Gasteiger charge is -1.94. The lowest BCUT2D eigenvalue weighted by Crippen LogP contribution is -2.22. The predicted molar refractivity (Wildman–Crippen MR) is 57.1 cm³/mol. The van der Waals surface area contributed by atoms with Gasteiger partial charge in [-0.25, -0.2) is 14.6 Å². The van der Waals surface area contributed by atoms with Crippen LogP contribution >= 0.6 is 0 Å². The van der Waals surface area contributed by atoms with Crippen LogP contribution in [0.3, 0.4) is 0 Å². The molecule has 86 valence electrons. The molecule has 0 radical (unpaired) electrons. The minimum Gasteiger partial charge on any atom is -0.478 e. The van der Waals surface area contributed by atoms with Crippen molar-refractivity contribution in [2.75, 3.05) is 13.2 Å². The van der Waals surface area contributed by atoms with Crippen LogP contribution in [0.15, 0.2) is 17.1 Å². The van der Waals surface area contributed by atoms with Crippen molar-refractivity contribution in [3.63, 3.8) is 0 Å². The van der Waals surface area contributed by atoms with Crippen molar-refractivity contribution >= 4 is 18.2 Å². The number of nitrogens with one attached hydrogen (secondary N) is 1. The van der Waals surface area contributed by atoms with Crippen molar-refractivity contribution in [1.29, 1.82) is 0 Å². The normalized spacial score (nSPS) is 9.00. The number of amides is 2. The number of aliphatic imine (C=N–C) groups is 1. The summed E-state index contributed by atoms with van der Waals surface area (Å²) in [6, 6.07) is -0.411. The van der Waals surface area contributed by atoms with E-state index in [1.165, 1.54) is 13.1 Å². The molecule has 0 bridgehead atoms. The number of hydrogen-bond donors (Lipinski definition) is 3. The molecule has 0 aromatic carbocycles. The third-order valence-corrected chi connectivity index (χ3v) is 0.999. The van der Waals surface area contributed by atoms with Gasteiger partial charge in [-0.1, -0.05) is 6.58 Å². The van der Waals surface area contributed by atoms with Crippen LogP contribution in [0.1, 0.15) is 13.8 Å². The Morgan fingerprint density at radius 2 is 2.00 bits per heavy atom. The molecule has 0 saturated heterocycles. The highest BCUT2D eigenvalue weighted by Crippen LogP contribution is 1.81. The number of carboxylic acids is 1. The van der Waals surface area contributed by atoms with E-state index < -0.39 is 12.0 Å². The van der Waals surface area contributed by atoms with Crippen LogP contribution in [0.25, 0.3) is 0 Å². The number of aliphatic hydroxyl groups excluding tert-OH is 1. The first kappa shape index (κ1) is 15.8. The average molecular weight is 216 g/mol. The second-order valence-corrected chi connectivity index (χ2v) is 2.43. The molecule has 0 aliphatic carbocycles. The van der Waals surface area contributed by atoms with Gasteiger partial charge in [0.15, 0.2) is 0 Å².